The van der Waals surface area contributed by atoms with Crippen LogP contribution < -0.4 is 5.32 Å². The number of nitrogens with one attached hydrogen (secondary N) is 1. The molecule has 1 aliphatic rings. The Morgan fingerprint density at radius 3 is 1.22 bits per heavy atom. The summed E-state index contributed by atoms with van der Waals surface area (Å²) in [6.07, 6.45) is 51.7. The predicted molar refractivity (Wildman–Crippen MR) is 302 cm³/mol. The molecule has 0 radical (unpaired) electrons. The molecule has 0 aromatic heterocycles. The molecule has 0 aromatic rings. The fraction of sp³-hybridized carbons (Fsp3) is 0.919. The summed E-state index contributed by atoms with van der Waals surface area (Å²) in [6.45, 7) is 3.37. The van der Waals surface area contributed by atoms with Gasteiger partial charge in [-0.1, -0.05) is 276 Å². The number of allylic oxidation sites excluding steroid dienone is 4. The van der Waals surface area contributed by atoms with Gasteiger partial charge in [-0.25, -0.2) is 0 Å². The summed E-state index contributed by atoms with van der Waals surface area (Å²) in [5.74, 6) is -0.708. The second-order valence-electron chi connectivity index (χ2n) is 22.1. The van der Waals surface area contributed by atoms with Crippen molar-refractivity contribution in [3.63, 3.8) is 0 Å². The standard InChI is InChI=1S/C62H119NO10/c1-3-5-7-9-11-13-15-16-17-18-19-20-21-22-23-24-25-26-27-28-29-30-31-32-33-34-35-36-37-38-39-40-42-44-46-48-50-55(66)61(71)63-53(52-72-62-60(70)59(69)58(68)56(51-64)73-62)57(67)54(65)49-47-45-43-41-14-12-10-8-6-4-2/h8,10,41,43,53-60,62,64-70H,3-7,9,11-40,42,44-52H2,1-2H3,(H,63,71)/b10-8+,43-41+. The first-order valence-electron chi connectivity index (χ1n) is 31.2. The Hall–Kier alpha value is -1.41. The highest BCUT2D eigenvalue weighted by Gasteiger charge is 2.44. The summed E-state index contributed by atoms with van der Waals surface area (Å²) in [5, 5.41) is 75.8. The molecule has 0 spiro atoms. The van der Waals surface area contributed by atoms with Crippen molar-refractivity contribution >= 4 is 5.91 Å². The van der Waals surface area contributed by atoms with Crippen LogP contribution in [0, 0.1) is 0 Å². The molecular formula is C62H119NO10. The Morgan fingerprint density at radius 2 is 0.836 bits per heavy atom. The highest BCUT2D eigenvalue weighted by atomic mass is 16.7. The number of carbonyl (C=O) groups excluding carboxylic acids is 1. The van der Waals surface area contributed by atoms with Gasteiger partial charge in [-0.2, -0.15) is 0 Å². The maximum absolute atomic E-state index is 13.1. The van der Waals surface area contributed by atoms with E-state index in [4.69, 9.17) is 9.47 Å². The fourth-order valence-electron chi connectivity index (χ4n) is 10.2. The summed E-state index contributed by atoms with van der Waals surface area (Å²) < 4.78 is 11.1. The van der Waals surface area contributed by atoms with Gasteiger partial charge in [0.15, 0.2) is 6.29 Å². The Balaban J connectivity index is 2.09. The third kappa shape index (κ3) is 39.6. The molecule has 1 rings (SSSR count). The van der Waals surface area contributed by atoms with E-state index in [1.165, 1.54) is 205 Å². The first kappa shape index (κ1) is 69.6. The van der Waals surface area contributed by atoms with Gasteiger partial charge in [0.1, 0.15) is 36.6 Å². The van der Waals surface area contributed by atoms with E-state index in [2.05, 4.69) is 43.5 Å². The van der Waals surface area contributed by atoms with Gasteiger partial charge in [-0.05, 0) is 44.9 Å². The molecule has 1 amide bonds. The van der Waals surface area contributed by atoms with Crippen LogP contribution in [0.4, 0.5) is 0 Å². The molecule has 0 bridgehead atoms. The van der Waals surface area contributed by atoms with Crippen molar-refractivity contribution in [2.24, 2.45) is 0 Å². The molecule has 1 fully saturated rings. The molecule has 11 heteroatoms. The molecule has 1 heterocycles. The van der Waals surface area contributed by atoms with Gasteiger partial charge in [0.25, 0.3) is 0 Å². The maximum Gasteiger partial charge on any atom is 0.249 e. The van der Waals surface area contributed by atoms with Crippen molar-refractivity contribution < 1.29 is 50.0 Å². The summed E-state index contributed by atoms with van der Waals surface area (Å²) in [5.41, 5.74) is 0. The minimum absolute atomic E-state index is 0.247. The molecule has 11 nitrogen and oxygen atoms in total. The third-order valence-electron chi connectivity index (χ3n) is 15.2. The van der Waals surface area contributed by atoms with Crippen molar-refractivity contribution in [3.05, 3.63) is 24.3 Å². The molecule has 1 saturated heterocycles. The van der Waals surface area contributed by atoms with E-state index < -0.39 is 74.2 Å². The van der Waals surface area contributed by atoms with Crippen molar-refractivity contribution in [2.45, 2.75) is 351 Å². The third-order valence-corrected chi connectivity index (χ3v) is 15.2. The van der Waals surface area contributed by atoms with Gasteiger partial charge in [0.05, 0.1) is 25.4 Å². The van der Waals surface area contributed by atoms with Crippen LogP contribution in [0.3, 0.4) is 0 Å². The van der Waals surface area contributed by atoms with E-state index in [0.717, 1.165) is 44.9 Å². The van der Waals surface area contributed by atoms with E-state index in [1.807, 2.05) is 0 Å². The molecule has 9 atom stereocenters. The number of rotatable bonds is 54. The van der Waals surface area contributed by atoms with E-state index in [0.29, 0.717) is 19.3 Å². The quantitative estimate of drug-likeness (QED) is 0.0215. The summed E-state index contributed by atoms with van der Waals surface area (Å²) in [7, 11) is 0. The summed E-state index contributed by atoms with van der Waals surface area (Å²) in [4.78, 5) is 13.1. The lowest BCUT2D eigenvalue weighted by molar-refractivity contribution is -0.303. The second-order valence-corrected chi connectivity index (χ2v) is 22.1. The zero-order valence-electron chi connectivity index (χ0n) is 47.4. The van der Waals surface area contributed by atoms with Crippen LogP contribution in [-0.4, -0.2) is 110 Å². The van der Waals surface area contributed by atoms with Crippen LogP contribution in [-0.2, 0) is 14.3 Å². The van der Waals surface area contributed by atoms with Gasteiger partial charge in [0, 0.05) is 0 Å². The molecule has 0 aromatic carbocycles. The van der Waals surface area contributed by atoms with Gasteiger partial charge in [0.2, 0.25) is 5.91 Å². The molecule has 8 N–H and O–H groups in total. The monoisotopic (exact) mass is 1040 g/mol. The number of unbranched alkanes of at least 4 members (excludes halogenated alkanes) is 38. The maximum atomic E-state index is 13.1. The lowest BCUT2D eigenvalue weighted by Crippen LogP contribution is -2.60. The smallest absolute Gasteiger partial charge is 0.249 e. The summed E-state index contributed by atoms with van der Waals surface area (Å²) in [6, 6.07) is -1.19. The molecule has 73 heavy (non-hydrogen) atoms. The highest BCUT2D eigenvalue weighted by Crippen LogP contribution is 2.24. The van der Waals surface area contributed by atoms with E-state index in [9.17, 15) is 40.5 Å². The predicted octanol–water partition coefficient (Wildman–Crippen LogP) is 13.7. The lowest BCUT2D eigenvalue weighted by atomic mass is 9.98. The lowest BCUT2D eigenvalue weighted by Gasteiger charge is -2.40. The van der Waals surface area contributed by atoms with E-state index in [1.54, 1.807) is 0 Å². The zero-order valence-corrected chi connectivity index (χ0v) is 47.4. The van der Waals surface area contributed by atoms with Gasteiger partial charge in [-0.15, -0.1) is 0 Å². The topological polar surface area (TPSA) is 189 Å². The zero-order chi connectivity index (χ0) is 53.3. The molecule has 0 saturated carbocycles. The Labute approximate surface area is 448 Å². The van der Waals surface area contributed by atoms with Crippen LogP contribution in [0.25, 0.3) is 0 Å². The van der Waals surface area contributed by atoms with Crippen LogP contribution in [0.2, 0.25) is 0 Å². The molecule has 9 unspecified atom stereocenters. The molecule has 1 aliphatic heterocycles. The minimum atomic E-state index is -1.67. The highest BCUT2D eigenvalue weighted by molar-refractivity contribution is 5.80. The first-order chi connectivity index (χ1) is 35.7. The second kappa shape index (κ2) is 51.4. The van der Waals surface area contributed by atoms with Gasteiger partial charge < -0.3 is 50.5 Å². The van der Waals surface area contributed by atoms with Gasteiger partial charge >= 0.3 is 0 Å². The Bertz CT molecular complexity index is 1240. The van der Waals surface area contributed by atoms with Crippen LogP contribution in [0.5, 0.6) is 0 Å². The average molecular weight is 1040 g/mol. The number of carbonyl (C=O) groups is 1. The normalized spacial score (nSPS) is 20.0. The summed E-state index contributed by atoms with van der Waals surface area (Å²) >= 11 is 0. The number of amides is 1. The van der Waals surface area contributed by atoms with E-state index >= 15 is 0 Å². The van der Waals surface area contributed by atoms with Gasteiger partial charge in [-0.3, -0.25) is 4.79 Å². The SMILES string of the molecule is CCC/C=C/CC/C=C/CCCC(O)C(O)C(COC1OC(CO)C(O)C(O)C1O)NC(=O)C(O)CCCCCCCCCCCCCCCCCCCCCCCCCCCCCCCCCCCCCC. The average Bonchev–Trinajstić information content (AvgIpc) is 3.39. The van der Waals surface area contributed by atoms with Crippen LogP contribution in [0.15, 0.2) is 24.3 Å². The number of hydrogen-bond acceptors (Lipinski definition) is 10. The van der Waals surface area contributed by atoms with E-state index in [-0.39, 0.29) is 12.8 Å². The van der Waals surface area contributed by atoms with Crippen LogP contribution >= 0.6 is 0 Å². The molecule has 0 aliphatic carbocycles. The number of hydrogen-bond donors (Lipinski definition) is 8. The van der Waals surface area contributed by atoms with Crippen molar-refractivity contribution in [1.29, 1.82) is 0 Å². The minimum Gasteiger partial charge on any atom is -0.394 e. The largest absolute Gasteiger partial charge is 0.394 e. The number of aliphatic hydroxyl groups excluding tert-OH is 7. The molecule has 432 valence electrons. The van der Waals surface area contributed by atoms with Crippen LogP contribution in [0.1, 0.15) is 296 Å². The Kier molecular flexibility index (Phi) is 49.0. The van der Waals surface area contributed by atoms with Crippen molar-refractivity contribution in [2.75, 3.05) is 13.2 Å². The first-order valence-corrected chi connectivity index (χ1v) is 31.2. The Morgan fingerprint density at radius 1 is 0.466 bits per heavy atom. The van der Waals surface area contributed by atoms with Crippen molar-refractivity contribution in [1.82, 2.24) is 5.32 Å². The van der Waals surface area contributed by atoms with Crippen molar-refractivity contribution in [3.8, 4) is 0 Å². The fourth-order valence-corrected chi connectivity index (χ4v) is 10.2. The number of ether oxygens (including phenoxy) is 2. The molecular weight excluding hydrogens is 919 g/mol. The number of aliphatic hydroxyl groups is 7.